The van der Waals surface area contributed by atoms with E-state index in [0.717, 1.165) is 0 Å². The number of aromatic nitrogens is 3. The van der Waals surface area contributed by atoms with Crippen LogP contribution in [0.5, 0.6) is 0 Å². The Morgan fingerprint density at radius 2 is 1.96 bits per heavy atom. The molecular weight excluding hydrogens is 324 g/mol. The largest absolute Gasteiger partial charge is 0.480 e. The van der Waals surface area contributed by atoms with Crippen LogP contribution in [0.4, 0.5) is 5.69 Å². The van der Waals surface area contributed by atoms with E-state index in [1.807, 2.05) is 10.6 Å². The topological polar surface area (TPSA) is 104 Å². The number of amides is 1. The molecule has 4 rings (SSSR count). The van der Waals surface area contributed by atoms with Crippen molar-refractivity contribution in [3.05, 3.63) is 42.5 Å². The summed E-state index contributed by atoms with van der Waals surface area (Å²) in [5, 5.41) is 23.1. The highest BCUT2D eigenvalue weighted by Crippen LogP contribution is 2.25. The number of carboxylic acid groups (broad SMARTS) is 1. The quantitative estimate of drug-likeness (QED) is 0.864. The fraction of sp³-hybridized carbons (Fsp3) is 0.312. The molecule has 0 bridgehead atoms. The molecule has 2 aromatic rings. The number of para-hydroxylation sites is 1. The van der Waals surface area contributed by atoms with Crippen molar-refractivity contribution < 1.29 is 14.7 Å². The number of benzene rings is 1. The molecule has 0 saturated carbocycles. The average Bonchev–Trinajstić information content (AvgIpc) is 3.28. The number of carbonyl (C=O) groups excluding carboxylic acids is 1. The lowest BCUT2D eigenvalue weighted by Crippen LogP contribution is -2.42. The SMILES string of the molecule is O=C(O)C1CC(C(=O)N2CCn3cnnc3C2)=NN1c1ccccc1. The highest BCUT2D eigenvalue weighted by atomic mass is 16.4. The van der Waals surface area contributed by atoms with E-state index in [1.54, 1.807) is 35.5 Å². The molecular formula is C16H16N6O3. The van der Waals surface area contributed by atoms with E-state index in [0.29, 0.717) is 31.1 Å². The number of anilines is 1. The molecule has 1 N–H and O–H groups in total. The molecule has 9 heteroatoms. The second-order valence-electron chi connectivity index (χ2n) is 5.95. The average molecular weight is 340 g/mol. The molecule has 1 aromatic carbocycles. The van der Waals surface area contributed by atoms with Gasteiger partial charge in [-0.05, 0) is 12.1 Å². The summed E-state index contributed by atoms with van der Waals surface area (Å²) in [5.74, 6) is -0.541. The number of fused-ring (bicyclic) bond motifs is 1. The van der Waals surface area contributed by atoms with Crippen molar-refractivity contribution in [2.24, 2.45) is 5.10 Å². The van der Waals surface area contributed by atoms with E-state index < -0.39 is 12.0 Å². The summed E-state index contributed by atoms with van der Waals surface area (Å²) in [5.41, 5.74) is 0.903. The Bertz CT molecular complexity index is 847. The van der Waals surface area contributed by atoms with Crippen LogP contribution < -0.4 is 5.01 Å². The lowest BCUT2D eigenvalue weighted by Gasteiger charge is -2.26. The number of rotatable bonds is 3. The molecule has 3 heterocycles. The highest BCUT2D eigenvalue weighted by Gasteiger charge is 2.38. The van der Waals surface area contributed by atoms with Crippen molar-refractivity contribution in [2.45, 2.75) is 25.6 Å². The first-order valence-electron chi connectivity index (χ1n) is 7.94. The van der Waals surface area contributed by atoms with Gasteiger partial charge in [0, 0.05) is 19.5 Å². The fourth-order valence-electron chi connectivity index (χ4n) is 3.07. The number of aliphatic carboxylic acids is 1. The molecule has 128 valence electrons. The maximum absolute atomic E-state index is 12.8. The maximum atomic E-state index is 12.8. The summed E-state index contributed by atoms with van der Waals surface area (Å²) in [6, 6.07) is 8.12. The number of hydrogen-bond acceptors (Lipinski definition) is 6. The van der Waals surface area contributed by atoms with E-state index in [4.69, 9.17) is 0 Å². The fourth-order valence-corrected chi connectivity index (χ4v) is 3.07. The molecule has 1 aromatic heterocycles. The predicted molar refractivity (Wildman–Crippen MR) is 87.8 cm³/mol. The van der Waals surface area contributed by atoms with Crippen LogP contribution in [-0.4, -0.2) is 54.9 Å². The summed E-state index contributed by atoms with van der Waals surface area (Å²) in [7, 11) is 0. The number of hydrazone groups is 1. The van der Waals surface area contributed by atoms with Crippen molar-refractivity contribution >= 4 is 23.3 Å². The molecule has 1 amide bonds. The van der Waals surface area contributed by atoms with Gasteiger partial charge in [0.15, 0.2) is 11.9 Å². The first kappa shape index (κ1) is 15.3. The van der Waals surface area contributed by atoms with Crippen molar-refractivity contribution in [1.82, 2.24) is 19.7 Å². The van der Waals surface area contributed by atoms with Gasteiger partial charge in [-0.2, -0.15) is 5.10 Å². The number of carbonyl (C=O) groups is 2. The Morgan fingerprint density at radius 1 is 1.16 bits per heavy atom. The van der Waals surface area contributed by atoms with Gasteiger partial charge in [0.2, 0.25) is 0 Å². The summed E-state index contributed by atoms with van der Waals surface area (Å²) < 4.78 is 1.90. The molecule has 25 heavy (non-hydrogen) atoms. The van der Waals surface area contributed by atoms with Gasteiger partial charge in [0.05, 0.1) is 12.2 Å². The Morgan fingerprint density at radius 3 is 2.72 bits per heavy atom. The normalized spacial score (nSPS) is 19.5. The zero-order valence-electron chi connectivity index (χ0n) is 13.3. The molecule has 0 radical (unpaired) electrons. The molecule has 0 saturated heterocycles. The summed E-state index contributed by atoms with van der Waals surface area (Å²) in [6.07, 6.45) is 1.72. The Labute approximate surface area is 143 Å². The minimum atomic E-state index is -1.01. The third kappa shape index (κ3) is 2.73. The third-order valence-corrected chi connectivity index (χ3v) is 4.39. The zero-order valence-corrected chi connectivity index (χ0v) is 13.3. The van der Waals surface area contributed by atoms with E-state index in [2.05, 4.69) is 15.3 Å². The van der Waals surface area contributed by atoms with E-state index in [9.17, 15) is 14.7 Å². The van der Waals surface area contributed by atoms with Gasteiger partial charge in [-0.3, -0.25) is 9.80 Å². The molecule has 2 aliphatic heterocycles. The van der Waals surface area contributed by atoms with Crippen LogP contribution in [0.15, 0.2) is 41.8 Å². The van der Waals surface area contributed by atoms with Crippen LogP contribution in [-0.2, 0) is 22.7 Å². The predicted octanol–water partition coefficient (Wildman–Crippen LogP) is 0.340. The monoisotopic (exact) mass is 340 g/mol. The van der Waals surface area contributed by atoms with E-state index in [1.165, 1.54) is 5.01 Å². The van der Waals surface area contributed by atoms with Gasteiger partial charge in [-0.1, -0.05) is 18.2 Å². The standard InChI is InChI=1S/C16H16N6O3/c23-15(20-6-7-21-10-17-18-14(21)9-20)12-8-13(16(24)25)22(19-12)11-4-2-1-3-5-11/h1-5,10,13H,6-9H2,(H,24,25). The number of nitrogens with zero attached hydrogens (tertiary/aromatic N) is 6. The molecule has 9 nitrogen and oxygen atoms in total. The second kappa shape index (κ2) is 6.00. The minimum Gasteiger partial charge on any atom is -0.480 e. The van der Waals surface area contributed by atoms with Gasteiger partial charge >= 0.3 is 5.97 Å². The molecule has 0 fully saturated rings. The Hall–Kier alpha value is -3.23. The van der Waals surface area contributed by atoms with Gasteiger partial charge in [-0.25, -0.2) is 4.79 Å². The van der Waals surface area contributed by atoms with Gasteiger partial charge in [-0.15, -0.1) is 10.2 Å². The molecule has 2 aliphatic rings. The van der Waals surface area contributed by atoms with Gasteiger partial charge in [0.1, 0.15) is 12.0 Å². The molecule has 0 spiro atoms. The van der Waals surface area contributed by atoms with Gasteiger partial charge < -0.3 is 14.6 Å². The second-order valence-corrected chi connectivity index (χ2v) is 5.95. The zero-order chi connectivity index (χ0) is 17.4. The van der Waals surface area contributed by atoms with Crippen molar-refractivity contribution in [2.75, 3.05) is 11.6 Å². The van der Waals surface area contributed by atoms with Crippen LogP contribution in [0, 0.1) is 0 Å². The Kier molecular flexibility index (Phi) is 3.68. The number of hydrogen-bond donors (Lipinski definition) is 1. The molecule has 1 unspecified atom stereocenters. The van der Waals surface area contributed by atoms with Crippen LogP contribution in [0.25, 0.3) is 0 Å². The van der Waals surface area contributed by atoms with Crippen LogP contribution in [0.2, 0.25) is 0 Å². The van der Waals surface area contributed by atoms with Crippen LogP contribution in [0.3, 0.4) is 0 Å². The van der Waals surface area contributed by atoms with E-state index in [-0.39, 0.29) is 18.0 Å². The maximum Gasteiger partial charge on any atom is 0.328 e. The van der Waals surface area contributed by atoms with Crippen LogP contribution >= 0.6 is 0 Å². The highest BCUT2D eigenvalue weighted by molar-refractivity contribution is 6.40. The summed E-state index contributed by atoms with van der Waals surface area (Å²) in [4.78, 5) is 26.0. The molecule has 1 atom stereocenters. The lowest BCUT2D eigenvalue weighted by atomic mass is 10.1. The third-order valence-electron chi connectivity index (χ3n) is 4.39. The van der Waals surface area contributed by atoms with Crippen LogP contribution in [0.1, 0.15) is 12.2 Å². The lowest BCUT2D eigenvalue weighted by molar-refractivity contribution is -0.138. The van der Waals surface area contributed by atoms with Gasteiger partial charge in [0.25, 0.3) is 5.91 Å². The Balaban J connectivity index is 1.58. The minimum absolute atomic E-state index is 0.0756. The van der Waals surface area contributed by atoms with Crippen molar-refractivity contribution in [1.29, 1.82) is 0 Å². The summed E-state index contributed by atoms with van der Waals surface area (Å²) >= 11 is 0. The summed E-state index contributed by atoms with van der Waals surface area (Å²) in [6.45, 7) is 1.49. The number of carboxylic acids is 1. The first-order chi connectivity index (χ1) is 12.1. The van der Waals surface area contributed by atoms with E-state index >= 15 is 0 Å². The smallest absolute Gasteiger partial charge is 0.328 e. The van der Waals surface area contributed by atoms with Crippen molar-refractivity contribution in [3.8, 4) is 0 Å². The van der Waals surface area contributed by atoms with Crippen molar-refractivity contribution in [3.63, 3.8) is 0 Å². The molecule has 0 aliphatic carbocycles. The first-order valence-corrected chi connectivity index (χ1v) is 7.94.